The van der Waals surface area contributed by atoms with Crippen molar-refractivity contribution in [3.05, 3.63) is 59.2 Å². The second-order valence-electron chi connectivity index (χ2n) is 10.4. The molecule has 1 saturated heterocycles. The fraction of sp³-hybridized carbons (Fsp3) is 0.519. The highest BCUT2D eigenvalue weighted by atomic mass is 16.2. The minimum absolute atomic E-state index is 0.103. The summed E-state index contributed by atoms with van der Waals surface area (Å²) in [6.07, 6.45) is 7.45. The summed E-state index contributed by atoms with van der Waals surface area (Å²) < 4.78 is 1.71. The Hall–Kier alpha value is -3.49. The van der Waals surface area contributed by atoms with E-state index in [1.165, 1.54) is 29.7 Å². The highest BCUT2D eigenvalue weighted by molar-refractivity contribution is 5.77. The van der Waals surface area contributed by atoms with E-state index in [1.54, 1.807) is 4.68 Å². The molecule has 4 heterocycles. The lowest BCUT2D eigenvalue weighted by Crippen LogP contribution is -2.55. The van der Waals surface area contributed by atoms with E-state index in [4.69, 9.17) is 0 Å². The van der Waals surface area contributed by atoms with Crippen molar-refractivity contribution < 1.29 is 4.79 Å². The van der Waals surface area contributed by atoms with Gasteiger partial charge in [-0.15, -0.1) is 0 Å². The first-order valence-electron chi connectivity index (χ1n) is 13.1. The van der Waals surface area contributed by atoms with Gasteiger partial charge in [0.25, 0.3) is 0 Å². The fourth-order valence-corrected chi connectivity index (χ4v) is 5.60. The van der Waals surface area contributed by atoms with Crippen molar-refractivity contribution in [1.82, 2.24) is 29.6 Å². The van der Waals surface area contributed by atoms with Gasteiger partial charge < -0.3 is 14.7 Å². The van der Waals surface area contributed by atoms with E-state index >= 15 is 0 Å². The normalized spacial score (nSPS) is 20.0. The maximum absolute atomic E-state index is 13.1. The van der Waals surface area contributed by atoms with Gasteiger partial charge in [-0.2, -0.15) is 5.10 Å². The van der Waals surface area contributed by atoms with Gasteiger partial charge in [-0.1, -0.05) is 12.1 Å². The lowest BCUT2D eigenvalue weighted by atomic mass is 9.96. The van der Waals surface area contributed by atoms with Crippen LogP contribution in [-0.4, -0.2) is 67.8 Å². The number of carbonyl (C=O) groups is 1. The molecule has 0 radical (unpaired) electrons. The number of piperazine rings is 1. The number of fused-ring (bicyclic) bond motifs is 1. The molecule has 9 nitrogen and oxygen atoms in total. The summed E-state index contributed by atoms with van der Waals surface area (Å²) in [7, 11) is 0. The zero-order chi connectivity index (χ0) is 24.8. The van der Waals surface area contributed by atoms with Gasteiger partial charge in [0.2, 0.25) is 5.91 Å². The van der Waals surface area contributed by atoms with Gasteiger partial charge in [0.1, 0.15) is 24.0 Å². The smallest absolute Gasteiger partial charge is 0.244 e. The molecule has 2 aromatic heterocycles. The van der Waals surface area contributed by atoms with Gasteiger partial charge in [-0.05, 0) is 57.2 Å². The van der Waals surface area contributed by atoms with Crippen LogP contribution in [0.3, 0.4) is 0 Å². The minimum atomic E-state index is 0.103. The van der Waals surface area contributed by atoms with Gasteiger partial charge in [-0.3, -0.25) is 4.79 Å². The standard InChI is InChI=1S/C27H34N8O/c1-18-15-33(11-12-34(18)26(36)17-35-20(3)30-19(2)31-35)25-6-4-5-21-9-10-32(16-24(21)25)23-13-28-27(29-14-23)22-7-8-22/h4-6,13-14,18,22H,7-12,15-17H2,1-3H3/t18-/m1/s1. The van der Waals surface area contributed by atoms with E-state index in [-0.39, 0.29) is 18.5 Å². The highest BCUT2D eigenvalue weighted by Gasteiger charge is 2.31. The van der Waals surface area contributed by atoms with Crippen LogP contribution in [-0.2, 0) is 24.3 Å². The Morgan fingerprint density at radius 2 is 1.86 bits per heavy atom. The van der Waals surface area contributed by atoms with Crippen LogP contribution in [0.2, 0.25) is 0 Å². The molecule has 0 N–H and O–H groups in total. The van der Waals surface area contributed by atoms with Crippen LogP contribution < -0.4 is 9.80 Å². The van der Waals surface area contributed by atoms with E-state index in [1.807, 2.05) is 31.1 Å². The molecule has 2 fully saturated rings. The number of aryl methyl sites for hydroxylation is 2. The van der Waals surface area contributed by atoms with Gasteiger partial charge in [0.05, 0.1) is 18.1 Å². The SMILES string of the molecule is Cc1nc(C)n(CC(=O)N2CCN(c3cccc4c3CN(c3cnc(C5CC5)nc3)CC4)C[C@H]2C)n1. The molecular weight excluding hydrogens is 452 g/mol. The number of amides is 1. The minimum Gasteiger partial charge on any atom is -0.367 e. The molecule has 0 spiro atoms. The van der Waals surface area contributed by atoms with Crippen LogP contribution in [0, 0.1) is 13.8 Å². The fourth-order valence-electron chi connectivity index (χ4n) is 5.60. The number of hydrogen-bond acceptors (Lipinski definition) is 7. The molecule has 0 unspecified atom stereocenters. The van der Waals surface area contributed by atoms with E-state index in [0.29, 0.717) is 18.3 Å². The van der Waals surface area contributed by atoms with Crippen molar-refractivity contribution in [2.24, 2.45) is 0 Å². The summed E-state index contributed by atoms with van der Waals surface area (Å²) in [5, 5.41) is 4.36. The number of nitrogens with zero attached hydrogens (tertiary/aromatic N) is 8. The molecule has 3 aliphatic rings. The molecular formula is C27H34N8O. The Morgan fingerprint density at radius 1 is 1.06 bits per heavy atom. The summed E-state index contributed by atoms with van der Waals surface area (Å²) >= 11 is 0. The molecule has 1 aliphatic carbocycles. The zero-order valence-corrected chi connectivity index (χ0v) is 21.4. The Labute approximate surface area is 212 Å². The quantitative estimate of drug-likeness (QED) is 0.548. The molecule has 1 saturated carbocycles. The number of aromatic nitrogens is 5. The Bertz CT molecular complexity index is 1270. The largest absolute Gasteiger partial charge is 0.367 e. The summed E-state index contributed by atoms with van der Waals surface area (Å²) in [6, 6.07) is 6.79. The van der Waals surface area contributed by atoms with Gasteiger partial charge in [0, 0.05) is 50.4 Å². The summed E-state index contributed by atoms with van der Waals surface area (Å²) in [5.74, 6) is 3.15. The summed E-state index contributed by atoms with van der Waals surface area (Å²) in [6.45, 7) is 10.3. The first kappa shape index (κ1) is 22.9. The average Bonchev–Trinajstić information content (AvgIpc) is 3.68. The molecule has 36 heavy (non-hydrogen) atoms. The van der Waals surface area contributed by atoms with Crippen LogP contribution >= 0.6 is 0 Å². The second-order valence-corrected chi connectivity index (χ2v) is 10.4. The van der Waals surface area contributed by atoms with Gasteiger partial charge in [0.15, 0.2) is 0 Å². The number of rotatable bonds is 5. The highest BCUT2D eigenvalue weighted by Crippen LogP contribution is 2.38. The lowest BCUT2D eigenvalue weighted by molar-refractivity contribution is -0.134. The number of hydrogen-bond donors (Lipinski definition) is 0. The third-order valence-electron chi connectivity index (χ3n) is 7.75. The number of carbonyl (C=O) groups excluding carboxylic acids is 1. The molecule has 188 valence electrons. The first-order valence-corrected chi connectivity index (χ1v) is 13.1. The molecule has 1 aromatic carbocycles. The molecule has 1 atom stereocenters. The second kappa shape index (κ2) is 9.19. The summed E-state index contributed by atoms with van der Waals surface area (Å²) in [5.41, 5.74) is 5.19. The Balaban J connectivity index is 1.15. The molecule has 1 amide bonds. The van der Waals surface area contributed by atoms with Crippen molar-refractivity contribution in [2.45, 2.75) is 65.1 Å². The van der Waals surface area contributed by atoms with Crippen molar-refractivity contribution in [3.8, 4) is 0 Å². The third-order valence-corrected chi connectivity index (χ3v) is 7.75. The molecule has 3 aromatic rings. The van der Waals surface area contributed by atoms with E-state index in [2.05, 4.69) is 55.0 Å². The van der Waals surface area contributed by atoms with E-state index in [0.717, 1.165) is 49.9 Å². The molecule has 6 rings (SSSR count). The lowest BCUT2D eigenvalue weighted by Gasteiger charge is -2.43. The van der Waals surface area contributed by atoms with Gasteiger partial charge in [-0.25, -0.2) is 19.6 Å². The van der Waals surface area contributed by atoms with E-state index in [9.17, 15) is 4.79 Å². The van der Waals surface area contributed by atoms with Crippen LogP contribution in [0.15, 0.2) is 30.6 Å². The van der Waals surface area contributed by atoms with Crippen LogP contribution in [0.25, 0.3) is 0 Å². The Kier molecular flexibility index (Phi) is 5.85. The van der Waals surface area contributed by atoms with Crippen molar-refractivity contribution in [3.63, 3.8) is 0 Å². The maximum atomic E-state index is 13.1. The van der Waals surface area contributed by atoms with Crippen molar-refractivity contribution >= 4 is 17.3 Å². The molecule has 9 heteroatoms. The molecule has 0 bridgehead atoms. The monoisotopic (exact) mass is 486 g/mol. The average molecular weight is 487 g/mol. The molecule has 2 aliphatic heterocycles. The first-order chi connectivity index (χ1) is 17.5. The summed E-state index contributed by atoms with van der Waals surface area (Å²) in [4.78, 5) is 33.5. The van der Waals surface area contributed by atoms with Crippen LogP contribution in [0.5, 0.6) is 0 Å². The van der Waals surface area contributed by atoms with Crippen molar-refractivity contribution in [1.29, 1.82) is 0 Å². The maximum Gasteiger partial charge on any atom is 0.244 e. The number of benzene rings is 1. The van der Waals surface area contributed by atoms with Crippen LogP contribution in [0.4, 0.5) is 11.4 Å². The predicted molar refractivity (Wildman–Crippen MR) is 138 cm³/mol. The third kappa shape index (κ3) is 4.42. The van der Waals surface area contributed by atoms with Gasteiger partial charge >= 0.3 is 0 Å². The van der Waals surface area contributed by atoms with Crippen molar-refractivity contribution in [2.75, 3.05) is 36.0 Å². The predicted octanol–water partition coefficient (Wildman–Crippen LogP) is 2.86. The van der Waals surface area contributed by atoms with E-state index < -0.39 is 0 Å². The topological polar surface area (TPSA) is 83.3 Å². The number of anilines is 2. The Morgan fingerprint density at radius 3 is 2.56 bits per heavy atom. The zero-order valence-electron chi connectivity index (χ0n) is 21.4. The van der Waals surface area contributed by atoms with Crippen LogP contribution in [0.1, 0.15) is 54.3 Å².